The zero-order valence-electron chi connectivity index (χ0n) is 14.5. The summed E-state index contributed by atoms with van der Waals surface area (Å²) in [5.74, 6) is 0.265. The Morgan fingerprint density at radius 2 is 1.92 bits per heavy atom. The summed E-state index contributed by atoms with van der Waals surface area (Å²) in [5, 5.41) is 6.14. The Morgan fingerprint density at radius 3 is 2.62 bits per heavy atom. The highest BCUT2D eigenvalue weighted by Gasteiger charge is 2.18. The van der Waals surface area contributed by atoms with E-state index in [4.69, 9.17) is 4.74 Å². The molecule has 0 bridgehead atoms. The van der Waals surface area contributed by atoms with Crippen molar-refractivity contribution in [2.45, 2.75) is 19.4 Å². The molecular formula is C19H19N3O3S. The van der Waals surface area contributed by atoms with Crippen molar-refractivity contribution in [2.75, 3.05) is 12.4 Å². The van der Waals surface area contributed by atoms with E-state index in [1.54, 1.807) is 7.11 Å². The van der Waals surface area contributed by atoms with Gasteiger partial charge in [-0.3, -0.25) is 9.59 Å². The molecule has 0 aliphatic rings. The van der Waals surface area contributed by atoms with Crippen molar-refractivity contribution in [3.63, 3.8) is 0 Å². The van der Waals surface area contributed by atoms with Crippen molar-refractivity contribution < 1.29 is 14.3 Å². The van der Waals surface area contributed by atoms with E-state index >= 15 is 0 Å². The largest absolute Gasteiger partial charge is 0.494 e. The number of carbonyl (C=O) groups is 2. The van der Waals surface area contributed by atoms with Gasteiger partial charge in [0.25, 0.3) is 0 Å². The highest BCUT2D eigenvalue weighted by atomic mass is 32.1. The lowest BCUT2D eigenvalue weighted by atomic mass is 10.0. The second kappa shape index (κ2) is 7.97. The minimum absolute atomic E-state index is 0.122. The van der Waals surface area contributed by atoms with Crippen LogP contribution in [0.15, 0.2) is 48.5 Å². The van der Waals surface area contributed by atoms with Gasteiger partial charge in [0, 0.05) is 6.92 Å². The van der Waals surface area contributed by atoms with Crippen molar-refractivity contribution in [3.8, 4) is 5.75 Å². The number of nitrogens with zero attached hydrogens (tertiary/aromatic N) is 1. The van der Waals surface area contributed by atoms with Crippen molar-refractivity contribution in [3.05, 3.63) is 54.1 Å². The van der Waals surface area contributed by atoms with Crippen molar-refractivity contribution in [2.24, 2.45) is 0 Å². The van der Waals surface area contributed by atoms with Crippen LogP contribution in [0.3, 0.4) is 0 Å². The third-order valence-corrected chi connectivity index (χ3v) is 4.75. The number of amides is 2. The van der Waals surface area contributed by atoms with Crippen molar-refractivity contribution in [1.29, 1.82) is 0 Å². The lowest BCUT2D eigenvalue weighted by molar-refractivity contribution is -0.120. The maximum Gasteiger partial charge on any atom is 0.228 e. The van der Waals surface area contributed by atoms with E-state index in [0.717, 1.165) is 15.8 Å². The van der Waals surface area contributed by atoms with Crippen LogP contribution in [0, 0.1) is 0 Å². The first kappa shape index (κ1) is 17.9. The van der Waals surface area contributed by atoms with Crippen LogP contribution in [0.1, 0.15) is 24.9 Å². The van der Waals surface area contributed by atoms with E-state index in [1.807, 2.05) is 48.5 Å². The first-order valence-electron chi connectivity index (χ1n) is 8.12. The van der Waals surface area contributed by atoms with Crippen molar-refractivity contribution >= 4 is 38.5 Å². The van der Waals surface area contributed by atoms with Gasteiger partial charge < -0.3 is 15.4 Å². The van der Waals surface area contributed by atoms with Crippen LogP contribution in [0.25, 0.3) is 10.2 Å². The number of benzene rings is 2. The predicted molar refractivity (Wildman–Crippen MR) is 102 cm³/mol. The summed E-state index contributed by atoms with van der Waals surface area (Å²) in [5.41, 5.74) is 1.60. The van der Waals surface area contributed by atoms with Gasteiger partial charge >= 0.3 is 0 Å². The molecule has 134 valence electrons. The van der Waals surface area contributed by atoms with Gasteiger partial charge in [0.05, 0.1) is 24.3 Å². The summed E-state index contributed by atoms with van der Waals surface area (Å²) < 4.78 is 6.23. The Bertz CT molecular complexity index is 924. The van der Waals surface area contributed by atoms with Crippen LogP contribution in [-0.2, 0) is 9.59 Å². The van der Waals surface area contributed by atoms with Crippen molar-refractivity contribution in [1.82, 2.24) is 10.3 Å². The van der Waals surface area contributed by atoms with Gasteiger partial charge in [0.15, 0.2) is 5.13 Å². The molecule has 2 aromatic carbocycles. The number of para-hydroxylation sites is 1. The summed E-state index contributed by atoms with van der Waals surface area (Å²) in [6.07, 6.45) is 0.122. The first-order chi connectivity index (χ1) is 12.6. The number of thiazole rings is 1. The number of rotatable bonds is 6. The van der Waals surface area contributed by atoms with Gasteiger partial charge in [-0.15, -0.1) is 0 Å². The molecule has 0 saturated carbocycles. The molecular weight excluding hydrogens is 350 g/mol. The number of ether oxygens (including phenoxy) is 1. The summed E-state index contributed by atoms with van der Waals surface area (Å²) in [6.45, 7) is 1.44. The molecule has 3 aromatic rings. The molecule has 2 amide bonds. The van der Waals surface area contributed by atoms with Gasteiger partial charge in [0.2, 0.25) is 11.8 Å². The molecule has 26 heavy (non-hydrogen) atoms. The van der Waals surface area contributed by atoms with Crippen LogP contribution in [0.4, 0.5) is 5.13 Å². The first-order valence-corrected chi connectivity index (χ1v) is 8.94. The van der Waals surface area contributed by atoms with Gasteiger partial charge in [-0.25, -0.2) is 4.98 Å². The smallest absolute Gasteiger partial charge is 0.228 e. The molecule has 0 fully saturated rings. The number of anilines is 1. The average molecular weight is 369 g/mol. The topological polar surface area (TPSA) is 80.3 Å². The van der Waals surface area contributed by atoms with Crippen LogP contribution < -0.4 is 15.4 Å². The lowest BCUT2D eigenvalue weighted by Gasteiger charge is -2.17. The number of hydrogen-bond acceptors (Lipinski definition) is 5. The summed E-state index contributed by atoms with van der Waals surface area (Å²) in [6, 6.07) is 14.7. The number of fused-ring (bicyclic) bond motifs is 1. The van der Waals surface area contributed by atoms with Gasteiger partial charge in [-0.2, -0.15) is 0 Å². The molecule has 1 heterocycles. The minimum Gasteiger partial charge on any atom is -0.494 e. The number of aromatic nitrogens is 1. The zero-order chi connectivity index (χ0) is 18.5. The van der Waals surface area contributed by atoms with Crippen LogP contribution >= 0.6 is 11.3 Å². The molecule has 7 heteroatoms. The molecule has 6 nitrogen and oxygen atoms in total. The summed E-state index contributed by atoms with van der Waals surface area (Å²) >= 11 is 1.38. The molecule has 1 atom stereocenters. The quantitative estimate of drug-likeness (QED) is 0.697. The standard InChI is InChI=1S/C19H19N3O3S/c1-12(23)20-14(13-7-4-3-5-8-13)11-17(24)21-19-22-18-15(25-2)9-6-10-16(18)26-19/h3-10,14H,11H2,1-2H3,(H,20,23)(H,21,22,24)/t14-/m0/s1. The maximum absolute atomic E-state index is 12.5. The Labute approximate surface area is 155 Å². The fourth-order valence-electron chi connectivity index (χ4n) is 2.68. The maximum atomic E-state index is 12.5. The third kappa shape index (κ3) is 4.18. The van der Waals surface area contributed by atoms with E-state index in [2.05, 4.69) is 15.6 Å². The molecule has 0 spiro atoms. The molecule has 0 radical (unpaired) electrons. The molecule has 1 aromatic heterocycles. The number of hydrogen-bond donors (Lipinski definition) is 2. The fourth-order valence-corrected chi connectivity index (χ4v) is 3.58. The summed E-state index contributed by atoms with van der Waals surface area (Å²) in [4.78, 5) is 28.4. The van der Waals surface area contributed by atoms with E-state index in [-0.39, 0.29) is 18.2 Å². The SMILES string of the molecule is COc1cccc2sc(NC(=O)C[C@H](NC(C)=O)c3ccccc3)nc12. The lowest BCUT2D eigenvalue weighted by Crippen LogP contribution is -2.29. The second-order valence-corrected chi connectivity index (χ2v) is 6.77. The van der Waals surface area contributed by atoms with Gasteiger partial charge in [-0.05, 0) is 17.7 Å². The second-order valence-electron chi connectivity index (χ2n) is 5.74. The highest BCUT2D eigenvalue weighted by Crippen LogP contribution is 2.32. The van der Waals surface area contributed by atoms with Gasteiger partial charge in [0.1, 0.15) is 11.3 Å². The number of carbonyl (C=O) groups excluding carboxylic acids is 2. The van der Waals surface area contributed by atoms with Crippen LogP contribution in [0.2, 0.25) is 0 Å². The normalized spacial score (nSPS) is 11.8. The van der Waals surface area contributed by atoms with E-state index in [1.165, 1.54) is 18.3 Å². The van der Waals surface area contributed by atoms with E-state index in [0.29, 0.717) is 10.9 Å². The van der Waals surface area contributed by atoms with E-state index < -0.39 is 6.04 Å². The molecule has 0 aliphatic heterocycles. The highest BCUT2D eigenvalue weighted by molar-refractivity contribution is 7.22. The fraction of sp³-hybridized carbons (Fsp3) is 0.211. The van der Waals surface area contributed by atoms with Crippen LogP contribution in [-0.4, -0.2) is 23.9 Å². The molecule has 0 saturated heterocycles. The Balaban J connectivity index is 1.75. The molecule has 0 unspecified atom stereocenters. The zero-order valence-corrected chi connectivity index (χ0v) is 15.3. The average Bonchev–Trinajstić information content (AvgIpc) is 3.03. The molecule has 3 rings (SSSR count). The van der Waals surface area contributed by atoms with Crippen LogP contribution in [0.5, 0.6) is 5.75 Å². The van der Waals surface area contributed by atoms with Gasteiger partial charge in [-0.1, -0.05) is 47.7 Å². The molecule has 0 aliphatic carbocycles. The predicted octanol–water partition coefficient (Wildman–Crippen LogP) is 3.51. The molecule has 2 N–H and O–H groups in total. The Kier molecular flexibility index (Phi) is 5.48. The summed E-state index contributed by atoms with van der Waals surface area (Å²) in [7, 11) is 1.59. The Morgan fingerprint density at radius 1 is 1.15 bits per heavy atom. The van der Waals surface area contributed by atoms with E-state index in [9.17, 15) is 9.59 Å². The number of methoxy groups -OCH3 is 1. The number of nitrogens with one attached hydrogen (secondary N) is 2. The Hall–Kier alpha value is -2.93. The third-order valence-electron chi connectivity index (χ3n) is 3.82. The minimum atomic E-state index is -0.391. The monoisotopic (exact) mass is 369 g/mol.